The van der Waals surface area contributed by atoms with Crippen molar-refractivity contribution < 1.29 is 4.39 Å². The Hall–Kier alpha value is -3.94. The number of imidazole rings is 2. The Kier molecular flexibility index (Phi) is 4.81. The van der Waals surface area contributed by atoms with Crippen LogP contribution in [0.4, 0.5) is 4.39 Å². The maximum atomic E-state index is 14.3. The molecule has 5 rings (SSSR count). The minimum absolute atomic E-state index is 0.0307. The van der Waals surface area contributed by atoms with Crippen LogP contribution in [-0.2, 0) is 13.6 Å². The summed E-state index contributed by atoms with van der Waals surface area (Å²) in [5, 5.41) is 0. The van der Waals surface area contributed by atoms with Gasteiger partial charge in [-0.2, -0.15) is 4.98 Å². The van der Waals surface area contributed by atoms with E-state index in [1.807, 2.05) is 36.4 Å². The summed E-state index contributed by atoms with van der Waals surface area (Å²) in [5.41, 5.74) is 2.82. The highest BCUT2D eigenvalue weighted by atomic mass is 19.1. The Labute approximate surface area is 189 Å². The van der Waals surface area contributed by atoms with E-state index in [-0.39, 0.29) is 18.2 Å². The van der Waals surface area contributed by atoms with Crippen molar-refractivity contribution in [2.75, 3.05) is 0 Å². The van der Waals surface area contributed by atoms with Crippen LogP contribution in [0.25, 0.3) is 16.9 Å². The number of rotatable bonds is 4. The van der Waals surface area contributed by atoms with E-state index in [1.165, 1.54) is 10.6 Å². The molecule has 3 aromatic heterocycles. The second-order valence-corrected chi connectivity index (χ2v) is 8.37. The third-order valence-corrected chi connectivity index (χ3v) is 6.52. The summed E-state index contributed by atoms with van der Waals surface area (Å²) in [6.45, 7) is 5.86. The van der Waals surface area contributed by atoms with E-state index in [9.17, 15) is 14.0 Å². The zero-order valence-electron chi connectivity index (χ0n) is 18.9. The number of fused-ring (bicyclic) bond motifs is 3. The molecule has 0 saturated heterocycles. The molecule has 0 fully saturated rings. The first kappa shape index (κ1) is 20.9. The van der Waals surface area contributed by atoms with Crippen molar-refractivity contribution in [1.29, 1.82) is 0 Å². The highest BCUT2D eigenvalue weighted by molar-refractivity contribution is 5.76. The topological polar surface area (TPSA) is 66.2 Å². The van der Waals surface area contributed by atoms with Crippen molar-refractivity contribution >= 4 is 16.9 Å². The molecule has 8 heteroatoms. The van der Waals surface area contributed by atoms with Crippen LogP contribution in [0.2, 0.25) is 0 Å². The highest BCUT2D eigenvalue weighted by Gasteiger charge is 2.25. The van der Waals surface area contributed by atoms with Gasteiger partial charge in [0, 0.05) is 24.0 Å². The minimum Gasteiger partial charge on any atom is -0.307 e. The van der Waals surface area contributed by atoms with Crippen LogP contribution in [0.15, 0.2) is 64.2 Å². The second-order valence-electron chi connectivity index (χ2n) is 8.37. The Morgan fingerprint density at radius 1 is 0.970 bits per heavy atom. The van der Waals surface area contributed by atoms with E-state index in [4.69, 9.17) is 4.98 Å². The van der Waals surface area contributed by atoms with Gasteiger partial charge >= 0.3 is 5.69 Å². The van der Waals surface area contributed by atoms with Crippen LogP contribution in [-0.4, -0.2) is 23.1 Å². The molecule has 1 atom stereocenters. The molecule has 0 aliphatic carbocycles. The first-order valence-corrected chi connectivity index (χ1v) is 10.8. The Morgan fingerprint density at radius 2 is 1.64 bits per heavy atom. The van der Waals surface area contributed by atoms with Crippen molar-refractivity contribution in [1.82, 2.24) is 23.1 Å². The number of hydrogen-bond donors (Lipinski definition) is 0. The predicted octanol–water partition coefficient (Wildman–Crippen LogP) is 3.56. The van der Waals surface area contributed by atoms with Crippen molar-refractivity contribution in [3.05, 3.63) is 104 Å². The van der Waals surface area contributed by atoms with Gasteiger partial charge in [-0.1, -0.05) is 48.5 Å². The molecule has 5 aromatic rings. The van der Waals surface area contributed by atoms with Gasteiger partial charge in [0.25, 0.3) is 5.56 Å². The molecule has 7 nitrogen and oxygen atoms in total. The van der Waals surface area contributed by atoms with Gasteiger partial charge < -0.3 is 4.57 Å². The van der Waals surface area contributed by atoms with Crippen LogP contribution >= 0.6 is 0 Å². The normalized spacial score (nSPS) is 12.6. The maximum Gasteiger partial charge on any atom is 0.332 e. The molecule has 0 N–H and O–H groups in total. The van der Waals surface area contributed by atoms with Crippen LogP contribution in [0.5, 0.6) is 0 Å². The standard InChI is InChI=1S/C25H24FN5O2/c1-15-16(2)31-21-22(27-24(31)30(15)17(3)18-10-6-5-7-11-18)28(4)25(33)29(23(21)32)14-19-12-8-9-13-20(19)26/h5-13,17H,14H2,1-4H3. The van der Waals surface area contributed by atoms with Gasteiger partial charge in [-0.15, -0.1) is 0 Å². The van der Waals surface area contributed by atoms with Crippen LogP contribution in [0.3, 0.4) is 0 Å². The molecule has 0 radical (unpaired) electrons. The first-order valence-electron chi connectivity index (χ1n) is 10.8. The average Bonchev–Trinajstić information content (AvgIpc) is 3.32. The van der Waals surface area contributed by atoms with E-state index in [0.29, 0.717) is 16.9 Å². The third kappa shape index (κ3) is 3.05. The van der Waals surface area contributed by atoms with Crippen molar-refractivity contribution in [2.24, 2.45) is 7.05 Å². The molecule has 0 aliphatic rings. The fraction of sp³-hybridized carbons (Fsp3) is 0.240. The fourth-order valence-electron chi connectivity index (χ4n) is 4.56. The van der Waals surface area contributed by atoms with Gasteiger partial charge in [0.05, 0.1) is 12.6 Å². The quantitative estimate of drug-likeness (QED) is 0.425. The average molecular weight is 445 g/mol. The second kappa shape index (κ2) is 7.58. The fourth-order valence-corrected chi connectivity index (χ4v) is 4.56. The zero-order chi connectivity index (χ0) is 23.4. The number of aryl methyl sites for hydroxylation is 2. The summed E-state index contributed by atoms with van der Waals surface area (Å²) in [6.07, 6.45) is 0. The van der Waals surface area contributed by atoms with Crippen molar-refractivity contribution in [2.45, 2.75) is 33.4 Å². The van der Waals surface area contributed by atoms with Gasteiger partial charge in [0.15, 0.2) is 11.2 Å². The largest absolute Gasteiger partial charge is 0.332 e. The summed E-state index contributed by atoms with van der Waals surface area (Å²) >= 11 is 0. The lowest BCUT2D eigenvalue weighted by atomic mass is 10.1. The lowest BCUT2D eigenvalue weighted by Gasteiger charge is -2.16. The Morgan fingerprint density at radius 3 is 2.33 bits per heavy atom. The molecule has 2 aromatic carbocycles. The molecule has 0 spiro atoms. The summed E-state index contributed by atoms with van der Waals surface area (Å²) in [6, 6.07) is 16.2. The van der Waals surface area contributed by atoms with Crippen LogP contribution in [0.1, 0.15) is 35.5 Å². The predicted molar refractivity (Wildman–Crippen MR) is 125 cm³/mol. The molecule has 0 amide bonds. The smallest absolute Gasteiger partial charge is 0.307 e. The highest BCUT2D eigenvalue weighted by Crippen LogP contribution is 2.27. The lowest BCUT2D eigenvalue weighted by Crippen LogP contribution is -2.39. The molecule has 33 heavy (non-hydrogen) atoms. The SMILES string of the molecule is Cc1c(C)n2c3c(=O)n(Cc4ccccc4F)c(=O)n(C)c3nc2n1C(C)c1ccccc1. The number of aromatic nitrogens is 5. The Bertz CT molecular complexity index is 1640. The molecule has 0 bridgehead atoms. The molecule has 0 aliphatic heterocycles. The van der Waals surface area contributed by atoms with E-state index in [1.54, 1.807) is 25.2 Å². The van der Waals surface area contributed by atoms with E-state index in [0.717, 1.165) is 21.5 Å². The van der Waals surface area contributed by atoms with Gasteiger partial charge in [-0.25, -0.2) is 9.18 Å². The molecular formula is C25H24FN5O2. The zero-order valence-corrected chi connectivity index (χ0v) is 18.9. The summed E-state index contributed by atoms with van der Waals surface area (Å²) < 4.78 is 20.6. The minimum atomic E-state index is -0.534. The third-order valence-electron chi connectivity index (χ3n) is 6.52. The molecule has 0 saturated carbocycles. The van der Waals surface area contributed by atoms with Crippen LogP contribution in [0, 0.1) is 19.7 Å². The van der Waals surface area contributed by atoms with Crippen molar-refractivity contribution in [3.8, 4) is 0 Å². The molecule has 3 heterocycles. The van der Waals surface area contributed by atoms with Crippen LogP contribution < -0.4 is 11.2 Å². The van der Waals surface area contributed by atoms with E-state index < -0.39 is 17.1 Å². The van der Waals surface area contributed by atoms with Gasteiger partial charge in [0.2, 0.25) is 5.78 Å². The maximum absolute atomic E-state index is 14.3. The number of hydrogen-bond acceptors (Lipinski definition) is 3. The van der Waals surface area contributed by atoms with E-state index >= 15 is 0 Å². The number of halogens is 1. The summed E-state index contributed by atoms with van der Waals surface area (Å²) in [5.74, 6) is 0.131. The molecule has 168 valence electrons. The molecule has 1 unspecified atom stereocenters. The van der Waals surface area contributed by atoms with Gasteiger partial charge in [0.1, 0.15) is 5.82 Å². The summed E-state index contributed by atoms with van der Waals surface area (Å²) in [4.78, 5) is 31.4. The first-order chi connectivity index (χ1) is 15.8. The molecular weight excluding hydrogens is 421 g/mol. The monoisotopic (exact) mass is 445 g/mol. The number of benzene rings is 2. The Balaban J connectivity index is 1.81. The lowest BCUT2D eigenvalue weighted by molar-refractivity contribution is 0.582. The van der Waals surface area contributed by atoms with Gasteiger partial charge in [-0.05, 0) is 32.4 Å². The number of nitrogens with zero attached hydrogens (tertiary/aromatic N) is 5. The van der Waals surface area contributed by atoms with Gasteiger partial charge in [-0.3, -0.25) is 18.3 Å². The van der Waals surface area contributed by atoms with E-state index in [2.05, 4.69) is 23.6 Å². The summed E-state index contributed by atoms with van der Waals surface area (Å²) in [7, 11) is 1.58. The van der Waals surface area contributed by atoms with Crippen molar-refractivity contribution in [3.63, 3.8) is 0 Å².